The number of aryl methyl sites for hydroxylation is 1. The second-order valence-electron chi connectivity index (χ2n) is 5.41. The van der Waals surface area contributed by atoms with E-state index in [4.69, 9.17) is 0 Å². The Labute approximate surface area is 131 Å². The Hall–Kier alpha value is -2.44. The summed E-state index contributed by atoms with van der Waals surface area (Å²) >= 11 is 0. The maximum atomic E-state index is 13.5. The molecule has 0 aliphatic carbocycles. The third kappa shape index (κ3) is 2.56. The number of anilines is 1. The summed E-state index contributed by atoms with van der Waals surface area (Å²) in [5, 5.41) is 0.536. The summed E-state index contributed by atoms with van der Waals surface area (Å²) < 4.78 is 40.6. The second kappa shape index (κ2) is 5.33. The van der Waals surface area contributed by atoms with Crippen molar-refractivity contribution in [3.05, 3.63) is 35.8 Å². The van der Waals surface area contributed by atoms with Crippen LogP contribution < -0.4 is 4.90 Å². The van der Waals surface area contributed by atoms with Crippen LogP contribution in [-0.4, -0.2) is 29.0 Å². The maximum Gasteiger partial charge on any atom is 0.434 e. The molecule has 0 fully saturated rings. The number of aromatic nitrogens is 3. The monoisotopic (exact) mass is 320 g/mol. The van der Waals surface area contributed by atoms with Crippen LogP contribution in [0.3, 0.4) is 0 Å². The van der Waals surface area contributed by atoms with Gasteiger partial charge in [0.15, 0.2) is 5.69 Å². The predicted octanol–water partition coefficient (Wildman–Crippen LogP) is 3.83. The molecule has 2 aromatic heterocycles. The van der Waals surface area contributed by atoms with Gasteiger partial charge in [-0.2, -0.15) is 13.2 Å². The van der Waals surface area contributed by atoms with Gasteiger partial charge in [0.25, 0.3) is 0 Å². The number of para-hydroxylation sites is 1. The molecule has 0 spiro atoms. The number of benzene rings is 1. The van der Waals surface area contributed by atoms with Gasteiger partial charge in [0.2, 0.25) is 0 Å². The first-order valence-corrected chi connectivity index (χ1v) is 7.16. The lowest BCUT2D eigenvalue weighted by atomic mass is 10.1. The van der Waals surface area contributed by atoms with Crippen LogP contribution in [0.2, 0.25) is 0 Å². The normalized spacial score (nSPS) is 12.1. The highest BCUT2D eigenvalue weighted by molar-refractivity contribution is 6.09. The molecule has 3 rings (SSSR count). The average molecular weight is 320 g/mol. The highest BCUT2D eigenvalue weighted by atomic mass is 19.4. The SMILES string of the molecule is CCc1nc(C(F)(F)F)c2c(N(C)C)nc3ccccc3c2n1. The van der Waals surface area contributed by atoms with Crippen molar-refractivity contribution in [2.45, 2.75) is 19.5 Å². The van der Waals surface area contributed by atoms with Crippen LogP contribution in [0, 0.1) is 0 Å². The molecule has 0 radical (unpaired) electrons. The quantitative estimate of drug-likeness (QED) is 0.673. The van der Waals surface area contributed by atoms with Crippen molar-refractivity contribution in [1.29, 1.82) is 0 Å². The maximum absolute atomic E-state index is 13.5. The zero-order valence-electron chi connectivity index (χ0n) is 12.9. The summed E-state index contributed by atoms with van der Waals surface area (Å²) in [6.45, 7) is 1.73. The van der Waals surface area contributed by atoms with Crippen molar-refractivity contribution in [3.63, 3.8) is 0 Å². The van der Waals surface area contributed by atoms with Crippen molar-refractivity contribution >= 4 is 27.6 Å². The van der Waals surface area contributed by atoms with E-state index in [1.807, 2.05) is 0 Å². The van der Waals surface area contributed by atoms with E-state index in [9.17, 15) is 13.2 Å². The first-order valence-electron chi connectivity index (χ1n) is 7.16. The second-order valence-corrected chi connectivity index (χ2v) is 5.41. The minimum absolute atomic E-state index is 0.0570. The van der Waals surface area contributed by atoms with Crippen LogP contribution in [0.25, 0.3) is 21.8 Å². The fourth-order valence-electron chi connectivity index (χ4n) is 2.54. The highest BCUT2D eigenvalue weighted by Crippen LogP contribution is 2.38. The van der Waals surface area contributed by atoms with Gasteiger partial charge in [-0.25, -0.2) is 15.0 Å². The van der Waals surface area contributed by atoms with Gasteiger partial charge >= 0.3 is 6.18 Å². The van der Waals surface area contributed by atoms with Crippen LogP contribution in [0.15, 0.2) is 24.3 Å². The van der Waals surface area contributed by atoms with Crippen LogP contribution in [-0.2, 0) is 12.6 Å². The number of hydrogen-bond acceptors (Lipinski definition) is 4. The number of pyridine rings is 1. The summed E-state index contributed by atoms with van der Waals surface area (Å²) in [6, 6.07) is 7.06. The largest absolute Gasteiger partial charge is 0.434 e. The lowest BCUT2D eigenvalue weighted by Gasteiger charge is -2.19. The molecule has 2 heterocycles. The molecule has 7 heteroatoms. The van der Waals surface area contributed by atoms with Gasteiger partial charge in [0.1, 0.15) is 11.6 Å². The molecule has 0 aliphatic rings. The molecule has 0 saturated heterocycles. The molecule has 0 unspecified atom stereocenters. The Morgan fingerprint density at radius 1 is 1.04 bits per heavy atom. The van der Waals surface area contributed by atoms with Gasteiger partial charge in [-0.3, -0.25) is 0 Å². The average Bonchev–Trinajstić information content (AvgIpc) is 2.51. The zero-order valence-corrected chi connectivity index (χ0v) is 12.9. The summed E-state index contributed by atoms with van der Waals surface area (Å²) in [4.78, 5) is 14.0. The van der Waals surface area contributed by atoms with Gasteiger partial charge in [-0.15, -0.1) is 0 Å². The van der Waals surface area contributed by atoms with E-state index < -0.39 is 11.9 Å². The van der Waals surface area contributed by atoms with E-state index in [-0.39, 0.29) is 17.0 Å². The standard InChI is InChI=1S/C16H15F3N4/c1-4-11-21-13-9-7-5-6-8-10(9)20-15(23(2)3)12(13)14(22-11)16(17,18)19/h5-8H,4H2,1-3H3. The zero-order chi connectivity index (χ0) is 16.8. The molecular weight excluding hydrogens is 305 g/mol. The number of halogens is 3. The van der Waals surface area contributed by atoms with Crippen molar-refractivity contribution in [2.75, 3.05) is 19.0 Å². The number of hydrogen-bond donors (Lipinski definition) is 0. The molecule has 120 valence electrons. The molecule has 0 N–H and O–H groups in total. The van der Waals surface area contributed by atoms with Crippen molar-refractivity contribution in [3.8, 4) is 0 Å². The fraction of sp³-hybridized carbons (Fsp3) is 0.312. The predicted molar refractivity (Wildman–Crippen MR) is 83.5 cm³/mol. The van der Waals surface area contributed by atoms with Crippen molar-refractivity contribution < 1.29 is 13.2 Å². The molecule has 0 atom stereocenters. The Morgan fingerprint density at radius 2 is 1.74 bits per heavy atom. The van der Waals surface area contributed by atoms with Gasteiger partial charge in [-0.1, -0.05) is 25.1 Å². The van der Waals surface area contributed by atoms with Crippen LogP contribution in [0.5, 0.6) is 0 Å². The molecule has 0 saturated carbocycles. The number of nitrogens with zero attached hydrogens (tertiary/aromatic N) is 4. The first kappa shape index (κ1) is 15.5. The lowest BCUT2D eigenvalue weighted by molar-refractivity contribution is -0.139. The summed E-state index contributed by atoms with van der Waals surface area (Å²) in [5.74, 6) is 0.388. The molecular formula is C16H15F3N4. The Kier molecular flexibility index (Phi) is 3.58. The van der Waals surface area contributed by atoms with E-state index in [1.54, 1.807) is 50.2 Å². The smallest absolute Gasteiger partial charge is 0.362 e. The number of alkyl halides is 3. The molecule has 0 bridgehead atoms. The Bertz CT molecular complexity index is 888. The number of fused-ring (bicyclic) bond motifs is 3. The molecule has 4 nitrogen and oxygen atoms in total. The minimum Gasteiger partial charge on any atom is -0.362 e. The summed E-state index contributed by atoms with van der Waals surface area (Å²) in [7, 11) is 3.31. The number of rotatable bonds is 2. The first-order chi connectivity index (χ1) is 10.8. The van der Waals surface area contributed by atoms with Crippen LogP contribution in [0.4, 0.5) is 19.0 Å². The van der Waals surface area contributed by atoms with Crippen molar-refractivity contribution in [1.82, 2.24) is 15.0 Å². The van der Waals surface area contributed by atoms with E-state index in [2.05, 4.69) is 15.0 Å². The summed E-state index contributed by atoms with van der Waals surface area (Å²) in [6.07, 6.45) is -4.24. The highest BCUT2D eigenvalue weighted by Gasteiger charge is 2.37. The van der Waals surface area contributed by atoms with Gasteiger partial charge in [0, 0.05) is 25.9 Å². The van der Waals surface area contributed by atoms with Gasteiger partial charge < -0.3 is 4.90 Å². The van der Waals surface area contributed by atoms with Crippen LogP contribution in [0.1, 0.15) is 18.4 Å². The molecule has 0 amide bonds. The molecule has 0 aliphatic heterocycles. The lowest BCUT2D eigenvalue weighted by Crippen LogP contribution is -2.17. The van der Waals surface area contributed by atoms with E-state index >= 15 is 0 Å². The third-order valence-corrected chi connectivity index (χ3v) is 3.57. The third-order valence-electron chi connectivity index (χ3n) is 3.57. The fourth-order valence-corrected chi connectivity index (χ4v) is 2.54. The molecule has 1 aromatic carbocycles. The topological polar surface area (TPSA) is 41.9 Å². The van der Waals surface area contributed by atoms with E-state index in [0.717, 1.165) is 0 Å². The van der Waals surface area contributed by atoms with Crippen molar-refractivity contribution in [2.24, 2.45) is 0 Å². The molecule has 3 aromatic rings. The summed E-state index contributed by atoms with van der Waals surface area (Å²) in [5.41, 5.74) is -0.0302. The Morgan fingerprint density at radius 3 is 2.35 bits per heavy atom. The Balaban J connectivity index is 2.59. The van der Waals surface area contributed by atoms with Gasteiger partial charge in [-0.05, 0) is 6.07 Å². The van der Waals surface area contributed by atoms with E-state index in [1.165, 1.54) is 0 Å². The minimum atomic E-state index is -4.57. The van der Waals surface area contributed by atoms with Gasteiger partial charge in [0.05, 0.1) is 16.4 Å². The molecule has 23 heavy (non-hydrogen) atoms. The van der Waals surface area contributed by atoms with E-state index in [0.29, 0.717) is 22.8 Å². The van der Waals surface area contributed by atoms with Crippen LogP contribution >= 0.6 is 0 Å².